The Morgan fingerprint density at radius 3 is 2.72 bits per heavy atom. The van der Waals surface area contributed by atoms with E-state index < -0.39 is 28.7 Å². The standard InChI is InChI=1S/C15H20F3N3O3S/c1-19-12-5-3-7-21(9-12)25(23,24)13-6-2-4-11(8-13)14(22)20-10-15(16,17)18/h2,4,6,8,12,19H,3,5,7,9-10H2,1H3,(H,20,22). The van der Waals surface area contributed by atoms with E-state index in [1.165, 1.54) is 22.5 Å². The Balaban J connectivity index is 2.18. The van der Waals surface area contributed by atoms with E-state index in [2.05, 4.69) is 5.32 Å². The van der Waals surface area contributed by atoms with Crippen LogP contribution < -0.4 is 10.6 Å². The molecule has 0 saturated carbocycles. The summed E-state index contributed by atoms with van der Waals surface area (Å²) >= 11 is 0. The zero-order valence-corrected chi connectivity index (χ0v) is 14.5. The highest BCUT2D eigenvalue weighted by Crippen LogP contribution is 2.22. The summed E-state index contributed by atoms with van der Waals surface area (Å²) in [4.78, 5) is 11.7. The molecule has 1 aromatic carbocycles. The molecular formula is C15H20F3N3O3S. The molecule has 1 aliphatic rings. The third-order valence-corrected chi connectivity index (χ3v) is 5.84. The normalized spacial score (nSPS) is 19.6. The average Bonchev–Trinajstić information content (AvgIpc) is 2.59. The lowest BCUT2D eigenvalue weighted by molar-refractivity contribution is -0.123. The third-order valence-electron chi connectivity index (χ3n) is 3.98. The number of alkyl halides is 3. The molecule has 0 bridgehead atoms. The summed E-state index contributed by atoms with van der Waals surface area (Å²) in [5.74, 6) is -0.971. The number of likely N-dealkylation sites (N-methyl/N-ethyl adjacent to an activating group) is 1. The monoisotopic (exact) mass is 379 g/mol. The second-order valence-electron chi connectivity index (χ2n) is 5.82. The molecule has 2 rings (SSSR count). The Kier molecular flexibility index (Phi) is 6.07. The molecule has 0 aromatic heterocycles. The summed E-state index contributed by atoms with van der Waals surface area (Å²) in [6.07, 6.45) is -2.96. The number of amides is 1. The molecule has 1 saturated heterocycles. The van der Waals surface area contributed by atoms with Gasteiger partial charge in [-0.1, -0.05) is 6.07 Å². The Morgan fingerprint density at radius 2 is 2.08 bits per heavy atom. The number of halogens is 3. The zero-order valence-electron chi connectivity index (χ0n) is 13.6. The predicted molar refractivity (Wildman–Crippen MR) is 85.7 cm³/mol. The van der Waals surface area contributed by atoms with E-state index in [9.17, 15) is 26.4 Å². The van der Waals surface area contributed by atoms with Gasteiger partial charge in [0.25, 0.3) is 5.91 Å². The Bertz CT molecular complexity index is 722. The Morgan fingerprint density at radius 1 is 1.36 bits per heavy atom. The van der Waals surface area contributed by atoms with E-state index in [1.807, 2.05) is 0 Å². The number of nitrogens with zero attached hydrogens (tertiary/aromatic N) is 1. The number of piperidine rings is 1. The fraction of sp³-hybridized carbons (Fsp3) is 0.533. The topological polar surface area (TPSA) is 78.5 Å². The lowest BCUT2D eigenvalue weighted by atomic mass is 10.1. The minimum absolute atomic E-state index is 0.0433. The Hall–Kier alpha value is -1.65. The van der Waals surface area contributed by atoms with Gasteiger partial charge in [0.15, 0.2) is 0 Å². The molecule has 0 spiro atoms. The maximum atomic E-state index is 12.7. The molecule has 1 amide bonds. The molecular weight excluding hydrogens is 359 g/mol. The van der Waals surface area contributed by atoms with Gasteiger partial charge >= 0.3 is 6.18 Å². The number of sulfonamides is 1. The summed E-state index contributed by atoms with van der Waals surface area (Å²) in [7, 11) is -2.06. The van der Waals surface area contributed by atoms with Crippen molar-refractivity contribution in [1.29, 1.82) is 0 Å². The highest BCUT2D eigenvalue weighted by Gasteiger charge is 2.31. The van der Waals surface area contributed by atoms with Gasteiger partial charge in [0.1, 0.15) is 6.54 Å². The van der Waals surface area contributed by atoms with Crippen LogP contribution in [0.25, 0.3) is 0 Å². The molecule has 1 unspecified atom stereocenters. The summed E-state index contributed by atoms with van der Waals surface area (Å²) in [6, 6.07) is 5.09. The number of benzene rings is 1. The van der Waals surface area contributed by atoms with E-state index >= 15 is 0 Å². The quantitative estimate of drug-likeness (QED) is 0.810. The largest absolute Gasteiger partial charge is 0.405 e. The van der Waals surface area contributed by atoms with Gasteiger partial charge in [0.05, 0.1) is 4.90 Å². The molecule has 1 fully saturated rings. The van der Waals surface area contributed by atoms with E-state index in [1.54, 1.807) is 12.4 Å². The second-order valence-corrected chi connectivity index (χ2v) is 7.75. The molecule has 1 heterocycles. The number of carbonyl (C=O) groups excluding carboxylic acids is 1. The smallest absolute Gasteiger partial charge is 0.343 e. The van der Waals surface area contributed by atoms with Crippen LogP contribution >= 0.6 is 0 Å². The van der Waals surface area contributed by atoms with Gasteiger partial charge in [-0.3, -0.25) is 4.79 Å². The van der Waals surface area contributed by atoms with Gasteiger partial charge in [-0.15, -0.1) is 0 Å². The van der Waals surface area contributed by atoms with Crippen LogP contribution in [-0.2, 0) is 10.0 Å². The fourth-order valence-electron chi connectivity index (χ4n) is 2.63. The van der Waals surface area contributed by atoms with Crippen LogP contribution in [-0.4, -0.2) is 57.5 Å². The Labute approximate surface area is 144 Å². The molecule has 0 radical (unpaired) electrons. The number of nitrogens with one attached hydrogen (secondary N) is 2. The average molecular weight is 379 g/mol. The van der Waals surface area contributed by atoms with Crippen molar-refractivity contribution in [2.75, 3.05) is 26.7 Å². The zero-order chi connectivity index (χ0) is 18.7. The van der Waals surface area contributed by atoms with Crippen molar-refractivity contribution in [3.8, 4) is 0 Å². The van der Waals surface area contributed by atoms with Crippen molar-refractivity contribution in [1.82, 2.24) is 14.9 Å². The van der Waals surface area contributed by atoms with Gasteiger partial charge in [-0.05, 0) is 38.1 Å². The van der Waals surface area contributed by atoms with E-state index in [0.29, 0.717) is 19.5 Å². The van der Waals surface area contributed by atoms with Crippen molar-refractivity contribution < 1.29 is 26.4 Å². The van der Waals surface area contributed by atoms with Gasteiger partial charge in [-0.2, -0.15) is 17.5 Å². The van der Waals surface area contributed by atoms with Gasteiger partial charge < -0.3 is 10.6 Å². The number of hydrogen-bond donors (Lipinski definition) is 2. The van der Waals surface area contributed by atoms with Crippen LogP contribution in [0, 0.1) is 0 Å². The van der Waals surface area contributed by atoms with Crippen molar-refractivity contribution in [3.63, 3.8) is 0 Å². The number of hydrogen-bond acceptors (Lipinski definition) is 4. The van der Waals surface area contributed by atoms with Crippen LogP contribution in [0.3, 0.4) is 0 Å². The summed E-state index contributed by atoms with van der Waals surface area (Å²) in [5.41, 5.74) is -0.132. The van der Waals surface area contributed by atoms with Crippen LogP contribution in [0.4, 0.5) is 13.2 Å². The highest BCUT2D eigenvalue weighted by molar-refractivity contribution is 7.89. The molecule has 25 heavy (non-hydrogen) atoms. The SMILES string of the molecule is CNC1CCCN(S(=O)(=O)c2cccc(C(=O)NCC(F)(F)F)c2)C1. The maximum Gasteiger partial charge on any atom is 0.405 e. The highest BCUT2D eigenvalue weighted by atomic mass is 32.2. The van der Waals surface area contributed by atoms with Crippen LogP contribution in [0.2, 0.25) is 0 Å². The summed E-state index contributed by atoms with van der Waals surface area (Å²) in [6.45, 7) is -0.798. The second kappa shape index (κ2) is 7.71. The van der Waals surface area contributed by atoms with Gasteiger partial charge in [-0.25, -0.2) is 8.42 Å². The van der Waals surface area contributed by atoms with E-state index in [-0.39, 0.29) is 16.5 Å². The lowest BCUT2D eigenvalue weighted by Crippen LogP contribution is -2.46. The first-order valence-corrected chi connectivity index (χ1v) is 9.20. The molecule has 10 heteroatoms. The first-order chi connectivity index (χ1) is 11.6. The minimum atomic E-state index is -4.53. The first-order valence-electron chi connectivity index (χ1n) is 7.76. The minimum Gasteiger partial charge on any atom is -0.343 e. The van der Waals surface area contributed by atoms with Gasteiger partial charge in [0, 0.05) is 24.7 Å². The molecule has 1 atom stereocenters. The molecule has 2 N–H and O–H groups in total. The van der Waals surface area contributed by atoms with Crippen molar-refractivity contribution in [3.05, 3.63) is 29.8 Å². The molecule has 1 aromatic rings. The summed E-state index contributed by atoms with van der Waals surface area (Å²) < 4.78 is 63.3. The number of rotatable bonds is 5. The van der Waals surface area contributed by atoms with Gasteiger partial charge in [0.2, 0.25) is 10.0 Å². The lowest BCUT2D eigenvalue weighted by Gasteiger charge is -2.31. The summed E-state index contributed by atoms with van der Waals surface area (Å²) in [5, 5.41) is 4.77. The number of carbonyl (C=O) groups is 1. The van der Waals surface area contributed by atoms with Crippen molar-refractivity contribution >= 4 is 15.9 Å². The maximum absolute atomic E-state index is 12.7. The molecule has 140 valence electrons. The van der Waals surface area contributed by atoms with Crippen LogP contribution in [0.5, 0.6) is 0 Å². The van der Waals surface area contributed by atoms with E-state index in [4.69, 9.17) is 0 Å². The van der Waals surface area contributed by atoms with Crippen LogP contribution in [0.15, 0.2) is 29.2 Å². The predicted octanol–water partition coefficient (Wildman–Crippen LogP) is 1.35. The molecule has 6 nitrogen and oxygen atoms in total. The molecule has 0 aliphatic carbocycles. The fourth-order valence-corrected chi connectivity index (χ4v) is 4.20. The third kappa shape index (κ3) is 5.16. The first kappa shape index (κ1) is 19.7. The molecule has 1 aliphatic heterocycles. The van der Waals surface area contributed by atoms with Crippen LogP contribution in [0.1, 0.15) is 23.2 Å². The van der Waals surface area contributed by atoms with Crippen molar-refractivity contribution in [2.45, 2.75) is 30.0 Å². The van der Waals surface area contributed by atoms with E-state index in [0.717, 1.165) is 12.5 Å². The van der Waals surface area contributed by atoms with Crippen molar-refractivity contribution in [2.24, 2.45) is 0 Å².